The lowest BCUT2D eigenvalue weighted by atomic mass is 9.86. The molecule has 1 aliphatic carbocycles. The number of amides is 1. The van der Waals surface area contributed by atoms with Crippen molar-refractivity contribution >= 4 is 17.5 Å². The second kappa shape index (κ2) is 7.12. The Morgan fingerprint density at radius 2 is 1.75 bits per heavy atom. The third-order valence-electron chi connectivity index (χ3n) is 4.13. The Balaban J connectivity index is 2.07. The molecule has 1 N–H and O–H groups in total. The highest BCUT2D eigenvalue weighted by Crippen LogP contribution is 2.27. The molecule has 1 atom stereocenters. The van der Waals surface area contributed by atoms with E-state index in [4.69, 9.17) is 11.6 Å². The molecule has 1 saturated carbocycles. The molecule has 2 rings (SSSR count). The van der Waals surface area contributed by atoms with Crippen molar-refractivity contribution in [3.05, 3.63) is 34.9 Å². The number of carbonyl (C=O) groups excluding carboxylic acids is 1. The topological polar surface area (TPSA) is 29.1 Å². The van der Waals surface area contributed by atoms with Crippen molar-refractivity contribution in [1.82, 2.24) is 5.32 Å². The molecule has 20 heavy (non-hydrogen) atoms. The van der Waals surface area contributed by atoms with Crippen LogP contribution in [-0.2, 0) is 4.79 Å². The van der Waals surface area contributed by atoms with Crippen molar-refractivity contribution in [2.24, 2.45) is 5.92 Å². The maximum absolute atomic E-state index is 12.6. The summed E-state index contributed by atoms with van der Waals surface area (Å²) in [7, 11) is 0. The number of hydrogen-bond donors (Lipinski definition) is 1. The lowest BCUT2D eigenvalue weighted by molar-refractivity contribution is -0.124. The number of nitrogens with one attached hydrogen (secondary N) is 1. The molecule has 1 aromatic rings. The van der Waals surface area contributed by atoms with Gasteiger partial charge in [0.15, 0.2) is 0 Å². The van der Waals surface area contributed by atoms with Gasteiger partial charge >= 0.3 is 0 Å². The summed E-state index contributed by atoms with van der Waals surface area (Å²) in [5.74, 6) is 0.350. The van der Waals surface area contributed by atoms with Crippen LogP contribution in [-0.4, -0.2) is 11.9 Å². The van der Waals surface area contributed by atoms with Gasteiger partial charge in [-0.25, -0.2) is 0 Å². The summed E-state index contributed by atoms with van der Waals surface area (Å²) in [6.07, 6.45) is 6.02. The molecule has 0 aromatic heterocycles. The summed E-state index contributed by atoms with van der Waals surface area (Å²) in [5, 5.41) is 3.95. The molecule has 0 radical (unpaired) electrons. The Hall–Kier alpha value is -1.02. The lowest BCUT2D eigenvalue weighted by Gasteiger charge is -2.27. The smallest absolute Gasteiger partial charge is 0.228 e. The molecule has 110 valence electrons. The quantitative estimate of drug-likeness (QED) is 0.868. The summed E-state index contributed by atoms with van der Waals surface area (Å²) in [6.45, 7) is 4.19. The highest BCUT2D eigenvalue weighted by Gasteiger charge is 2.26. The van der Waals surface area contributed by atoms with Crippen LogP contribution in [0.3, 0.4) is 0 Å². The van der Waals surface area contributed by atoms with Crippen molar-refractivity contribution in [2.45, 2.75) is 57.9 Å². The summed E-state index contributed by atoms with van der Waals surface area (Å²) >= 11 is 5.93. The number of halogens is 1. The van der Waals surface area contributed by atoms with Gasteiger partial charge in [-0.2, -0.15) is 0 Å². The standard InChI is InChI=1S/C17H24ClNO/c1-12(2)16(13-8-10-14(18)11-9-13)17(20)19-15-6-4-3-5-7-15/h8-12,15-16H,3-7H2,1-2H3,(H,19,20). The maximum Gasteiger partial charge on any atom is 0.228 e. The summed E-state index contributed by atoms with van der Waals surface area (Å²) in [4.78, 5) is 12.6. The lowest BCUT2D eigenvalue weighted by Crippen LogP contribution is -2.40. The average Bonchev–Trinajstić information content (AvgIpc) is 2.42. The van der Waals surface area contributed by atoms with E-state index >= 15 is 0 Å². The Morgan fingerprint density at radius 3 is 2.30 bits per heavy atom. The van der Waals surface area contributed by atoms with Crippen molar-refractivity contribution in [2.75, 3.05) is 0 Å². The minimum absolute atomic E-state index is 0.0887. The van der Waals surface area contributed by atoms with Crippen LogP contribution in [0.25, 0.3) is 0 Å². The fraction of sp³-hybridized carbons (Fsp3) is 0.588. The molecule has 1 aromatic carbocycles. The second-order valence-electron chi connectivity index (χ2n) is 6.12. The Kier molecular flexibility index (Phi) is 5.47. The monoisotopic (exact) mass is 293 g/mol. The largest absolute Gasteiger partial charge is 0.353 e. The first-order valence-electron chi connectivity index (χ1n) is 7.64. The normalized spacial score (nSPS) is 18.0. The van der Waals surface area contributed by atoms with Gasteiger partial charge < -0.3 is 5.32 Å². The van der Waals surface area contributed by atoms with Crippen LogP contribution >= 0.6 is 11.6 Å². The number of hydrogen-bond acceptors (Lipinski definition) is 1. The molecule has 0 saturated heterocycles. The summed E-state index contributed by atoms with van der Waals surface area (Å²) in [5.41, 5.74) is 1.05. The summed E-state index contributed by atoms with van der Waals surface area (Å²) < 4.78 is 0. The van der Waals surface area contributed by atoms with Crippen LogP contribution in [0.2, 0.25) is 5.02 Å². The van der Waals surface area contributed by atoms with Gasteiger partial charge in [0.25, 0.3) is 0 Å². The van der Waals surface area contributed by atoms with Crippen molar-refractivity contribution in [1.29, 1.82) is 0 Å². The van der Waals surface area contributed by atoms with Gasteiger partial charge in [0.2, 0.25) is 5.91 Å². The number of carbonyl (C=O) groups is 1. The van der Waals surface area contributed by atoms with Gasteiger partial charge in [0.1, 0.15) is 0 Å². The summed E-state index contributed by atoms with van der Waals surface area (Å²) in [6, 6.07) is 8.02. The third-order valence-corrected chi connectivity index (χ3v) is 4.38. The minimum Gasteiger partial charge on any atom is -0.353 e. The van der Waals surface area contributed by atoms with Gasteiger partial charge in [0, 0.05) is 11.1 Å². The number of rotatable bonds is 4. The van der Waals surface area contributed by atoms with Gasteiger partial charge in [-0.05, 0) is 36.5 Å². The van der Waals surface area contributed by atoms with Gasteiger partial charge in [-0.15, -0.1) is 0 Å². The maximum atomic E-state index is 12.6. The van der Waals surface area contributed by atoms with Crippen LogP contribution in [0.5, 0.6) is 0 Å². The van der Waals surface area contributed by atoms with E-state index in [0.29, 0.717) is 11.1 Å². The zero-order valence-electron chi connectivity index (χ0n) is 12.4. The first-order valence-corrected chi connectivity index (χ1v) is 8.01. The Morgan fingerprint density at radius 1 is 1.15 bits per heavy atom. The Labute approximate surface area is 126 Å². The van der Waals surface area contributed by atoms with E-state index in [-0.39, 0.29) is 17.7 Å². The van der Waals surface area contributed by atoms with E-state index in [9.17, 15) is 4.79 Å². The van der Waals surface area contributed by atoms with Gasteiger partial charge in [-0.3, -0.25) is 4.79 Å². The Bertz CT molecular complexity index is 435. The zero-order valence-corrected chi connectivity index (χ0v) is 13.1. The predicted molar refractivity (Wildman–Crippen MR) is 84.0 cm³/mol. The fourth-order valence-electron chi connectivity index (χ4n) is 3.05. The predicted octanol–water partition coefficient (Wildman–Crippen LogP) is 4.53. The van der Waals surface area contributed by atoms with Gasteiger partial charge in [-0.1, -0.05) is 56.8 Å². The molecule has 1 fully saturated rings. The minimum atomic E-state index is -0.0887. The SMILES string of the molecule is CC(C)C(C(=O)NC1CCCCC1)c1ccc(Cl)cc1. The molecule has 0 aliphatic heterocycles. The van der Waals surface area contributed by atoms with Gasteiger partial charge in [0.05, 0.1) is 5.92 Å². The van der Waals surface area contributed by atoms with Crippen molar-refractivity contribution in [3.63, 3.8) is 0 Å². The molecular formula is C17H24ClNO. The molecule has 3 heteroatoms. The molecular weight excluding hydrogens is 270 g/mol. The molecule has 1 amide bonds. The van der Waals surface area contributed by atoms with E-state index in [2.05, 4.69) is 19.2 Å². The molecule has 0 spiro atoms. The van der Waals surface area contributed by atoms with Crippen LogP contribution in [0, 0.1) is 5.92 Å². The van der Waals surface area contributed by atoms with Crippen LogP contribution in [0.15, 0.2) is 24.3 Å². The van der Waals surface area contributed by atoms with Crippen molar-refractivity contribution in [3.8, 4) is 0 Å². The molecule has 2 nitrogen and oxygen atoms in total. The van der Waals surface area contributed by atoms with Crippen LogP contribution in [0.1, 0.15) is 57.4 Å². The second-order valence-corrected chi connectivity index (χ2v) is 6.55. The first-order chi connectivity index (χ1) is 9.58. The van der Waals surface area contributed by atoms with E-state index in [1.54, 1.807) is 0 Å². The van der Waals surface area contributed by atoms with E-state index in [1.807, 2.05) is 24.3 Å². The molecule has 0 bridgehead atoms. The third kappa shape index (κ3) is 3.99. The van der Waals surface area contributed by atoms with Crippen LogP contribution < -0.4 is 5.32 Å². The fourth-order valence-corrected chi connectivity index (χ4v) is 3.17. The highest BCUT2D eigenvalue weighted by molar-refractivity contribution is 6.30. The van der Waals surface area contributed by atoms with E-state index in [0.717, 1.165) is 18.4 Å². The average molecular weight is 294 g/mol. The zero-order chi connectivity index (χ0) is 14.5. The molecule has 1 aliphatic rings. The molecule has 1 unspecified atom stereocenters. The van der Waals surface area contributed by atoms with E-state index < -0.39 is 0 Å². The van der Waals surface area contributed by atoms with Crippen LogP contribution in [0.4, 0.5) is 0 Å². The highest BCUT2D eigenvalue weighted by atomic mass is 35.5. The van der Waals surface area contributed by atoms with E-state index in [1.165, 1.54) is 19.3 Å². The van der Waals surface area contributed by atoms with Crippen molar-refractivity contribution < 1.29 is 4.79 Å². The first kappa shape index (κ1) is 15.4. The molecule has 0 heterocycles. The number of benzene rings is 1.